The summed E-state index contributed by atoms with van der Waals surface area (Å²) in [7, 11) is 0. The van der Waals surface area contributed by atoms with Crippen molar-refractivity contribution in [2.75, 3.05) is 6.54 Å². The highest BCUT2D eigenvalue weighted by atomic mass is 35.5. The summed E-state index contributed by atoms with van der Waals surface area (Å²) in [6.45, 7) is 3.21. The van der Waals surface area contributed by atoms with Gasteiger partial charge in [-0.2, -0.15) is 0 Å². The van der Waals surface area contributed by atoms with Crippen molar-refractivity contribution in [3.05, 3.63) is 37.9 Å². The Morgan fingerprint density at radius 2 is 2.35 bits per heavy atom. The highest BCUT2D eigenvalue weighted by Gasteiger charge is 2.14. The van der Waals surface area contributed by atoms with E-state index in [1.807, 2.05) is 17.8 Å². The second-order valence-corrected chi connectivity index (χ2v) is 6.54. The first-order valence-corrected chi connectivity index (χ1v) is 7.73. The molecule has 2 nitrogen and oxygen atoms in total. The van der Waals surface area contributed by atoms with Gasteiger partial charge in [-0.05, 0) is 25.1 Å². The molecule has 0 fully saturated rings. The van der Waals surface area contributed by atoms with E-state index in [9.17, 15) is 0 Å². The normalized spacial score (nSPS) is 12.8. The maximum absolute atomic E-state index is 6.00. The molecule has 2 aromatic rings. The molecule has 1 atom stereocenters. The summed E-state index contributed by atoms with van der Waals surface area (Å²) in [5.41, 5.74) is 1.88. The van der Waals surface area contributed by atoms with Gasteiger partial charge in [0.25, 0.3) is 0 Å². The standard InChI is InChI=1S/C12H15ClN2S2/c1-2-5-15-10(6-9-7-14-8-16-9)11-3-4-12(13)17-11/h3-4,7-8,10,15H,2,5-6H2,1H3. The molecule has 0 saturated carbocycles. The molecule has 2 heterocycles. The van der Waals surface area contributed by atoms with Gasteiger partial charge in [-0.15, -0.1) is 22.7 Å². The van der Waals surface area contributed by atoms with Crippen molar-refractivity contribution in [2.45, 2.75) is 25.8 Å². The van der Waals surface area contributed by atoms with E-state index in [2.05, 4.69) is 23.3 Å². The molecule has 1 N–H and O–H groups in total. The monoisotopic (exact) mass is 286 g/mol. The van der Waals surface area contributed by atoms with E-state index in [1.54, 1.807) is 22.7 Å². The second kappa shape index (κ2) is 6.50. The molecule has 1 unspecified atom stereocenters. The van der Waals surface area contributed by atoms with Crippen LogP contribution in [0.4, 0.5) is 0 Å². The summed E-state index contributed by atoms with van der Waals surface area (Å²) in [5, 5.41) is 3.57. The number of thiophene rings is 1. The SMILES string of the molecule is CCCNC(Cc1cncs1)c1ccc(Cl)s1. The zero-order chi connectivity index (χ0) is 12.1. The van der Waals surface area contributed by atoms with Crippen molar-refractivity contribution >= 4 is 34.3 Å². The molecule has 0 aliphatic carbocycles. The van der Waals surface area contributed by atoms with Gasteiger partial charge in [0.2, 0.25) is 0 Å². The minimum atomic E-state index is 0.355. The number of rotatable bonds is 6. The Bertz CT molecular complexity index is 439. The van der Waals surface area contributed by atoms with E-state index in [0.717, 1.165) is 23.7 Å². The Morgan fingerprint density at radius 1 is 1.47 bits per heavy atom. The topological polar surface area (TPSA) is 24.9 Å². The van der Waals surface area contributed by atoms with Crippen LogP contribution < -0.4 is 5.32 Å². The number of halogens is 1. The third-order valence-electron chi connectivity index (χ3n) is 2.47. The maximum Gasteiger partial charge on any atom is 0.0931 e. The molecule has 0 bridgehead atoms. The number of nitrogens with zero attached hydrogens (tertiary/aromatic N) is 1. The molecule has 5 heteroatoms. The summed E-state index contributed by atoms with van der Waals surface area (Å²) >= 11 is 9.36. The van der Waals surface area contributed by atoms with Crippen molar-refractivity contribution in [1.29, 1.82) is 0 Å². The van der Waals surface area contributed by atoms with Crippen molar-refractivity contribution in [3.8, 4) is 0 Å². The Kier molecular flexibility index (Phi) is 4.98. The number of aromatic nitrogens is 1. The molecule has 0 aliphatic rings. The Labute approximate surface area is 115 Å². The Morgan fingerprint density at radius 3 is 2.94 bits per heavy atom. The predicted octanol–water partition coefficient (Wildman–Crippen LogP) is 4.14. The lowest BCUT2D eigenvalue weighted by atomic mass is 10.1. The fourth-order valence-electron chi connectivity index (χ4n) is 1.65. The third-order valence-corrected chi connectivity index (χ3v) is 4.61. The van der Waals surface area contributed by atoms with E-state index in [1.165, 1.54) is 9.75 Å². The average molecular weight is 287 g/mol. The zero-order valence-corrected chi connectivity index (χ0v) is 12.0. The van der Waals surface area contributed by atoms with Crippen LogP contribution in [0.15, 0.2) is 23.8 Å². The van der Waals surface area contributed by atoms with Crippen LogP contribution >= 0.6 is 34.3 Å². The van der Waals surface area contributed by atoms with Gasteiger partial charge in [-0.25, -0.2) is 0 Å². The van der Waals surface area contributed by atoms with E-state index in [-0.39, 0.29) is 0 Å². The number of hydrogen-bond acceptors (Lipinski definition) is 4. The minimum absolute atomic E-state index is 0.355. The van der Waals surface area contributed by atoms with Crippen LogP contribution in [0.3, 0.4) is 0 Å². The quantitative estimate of drug-likeness (QED) is 0.863. The van der Waals surface area contributed by atoms with Crippen LogP contribution in [0.1, 0.15) is 29.1 Å². The summed E-state index contributed by atoms with van der Waals surface area (Å²) in [5.74, 6) is 0. The fourth-order valence-corrected chi connectivity index (χ4v) is 3.43. The van der Waals surface area contributed by atoms with Crippen molar-refractivity contribution < 1.29 is 0 Å². The van der Waals surface area contributed by atoms with E-state index < -0.39 is 0 Å². The van der Waals surface area contributed by atoms with E-state index in [0.29, 0.717) is 6.04 Å². The molecule has 0 aromatic carbocycles. The first kappa shape index (κ1) is 13.0. The van der Waals surface area contributed by atoms with Gasteiger partial charge in [0, 0.05) is 28.4 Å². The van der Waals surface area contributed by atoms with E-state index in [4.69, 9.17) is 11.6 Å². The lowest BCUT2D eigenvalue weighted by Crippen LogP contribution is -2.22. The maximum atomic E-state index is 6.00. The molecule has 2 aromatic heterocycles. The lowest BCUT2D eigenvalue weighted by Gasteiger charge is -2.15. The van der Waals surface area contributed by atoms with Crippen LogP contribution in [-0.4, -0.2) is 11.5 Å². The van der Waals surface area contributed by atoms with Crippen LogP contribution in [0, 0.1) is 0 Å². The molecule has 17 heavy (non-hydrogen) atoms. The van der Waals surface area contributed by atoms with Gasteiger partial charge in [0.05, 0.1) is 9.85 Å². The van der Waals surface area contributed by atoms with Gasteiger partial charge in [0.15, 0.2) is 0 Å². The van der Waals surface area contributed by atoms with Gasteiger partial charge in [-0.1, -0.05) is 18.5 Å². The van der Waals surface area contributed by atoms with Gasteiger partial charge in [-0.3, -0.25) is 4.98 Å². The highest BCUT2D eigenvalue weighted by Crippen LogP contribution is 2.29. The highest BCUT2D eigenvalue weighted by molar-refractivity contribution is 7.16. The smallest absolute Gasteiger partial charge is 0.0931 e. The summed E-state index contributed by atoms with van der Waals surface area (Å²) in [6.07, 6.45) is 4.07. The van der Waals surface area contributed by atoms with E-state index >= 15 is 0 Å². The molecule has 2 rings (SSSR count). The van der Waals surface area contributed by atoms with Crippen molar-refractivity contribution in [1.82, 2.24) is 10.3 Å². The summed E-state index contributed by atoms with van der Waals surface area (Å²) in [4.78, 5) is 6.73. The fraction of sp³-hybridized carbons (Fsp3) is 0.417. The molecule has 0 spiro atoms. The molecule has 0 aliphatic heterocycles. The molecular formula is C12H15ClN2S2. The molecule has 92 valence electrons. The molecular weight excluding hydrogens is 272 g/mol. The number of thiazole rings is 1. The number of nitrogens with one attached hydrogen (secondary N) is 1. The third kappa shape index (κ3) is 3.78. The van der Waals surface area contributed by atoms with Crippen LogP contribution in [-0.2, 0) is 6.42 Å². The van der Waals surface area contributed by atoms with Crippen molar-refractivity contribution in [2.24, 2.45) is 0 Å². The Hall–Kier alpha value is -0.420. The van der Waals surface area contributed by atoms with Gasteiger partial charge >= 0.3 is 0 Å². The second-order valence-electron chi connectivity index (χ2n) is 3.82. The van der Waals surface area contributed by atoms with Crippen LogP contribution in [0.25, 0.3) is 0 Å². The lowest BCUT2D eigenvalue weighted by molar-refractivity contribution is 0.539. The summed E-state index contributed by atoms with van der Waals surface area (Å²) in [6, 6.07) is 4.43. The van der Waals surface area contributed by atoms with Crippen LogP contribution in [0.2, 0.25) is 4.34 Å². The number of hydrogen-bond donors (Lipinski definition) is 1. The Balaban J connectivity index is 2.07. The average Bonchev–Trinajstić information content (AvgIpc) is 2.95. The molecule has 0 amide bonds. The molecule has 0 saturated heterocycles. The summed E-state index contributed by atoms with van der Waals surface area (Å²) < 4.78 is 0.854. The minimum Gasteiger partial charge on any atom is -0.309 e. The van der Waals surface area contributed by atoms with Crippen LogP contribution in [0.5, 0.6) is 0 Å². The van der Waals surface area contributed by atoms with Gasteiger partial charge < -0.3 is 5.32 Å². The largest absolute Gasteiger partial charge is 0.309 e. The predicted molar refractivity (Wildman–Crippen MR) is 76.2 cm³/mol. The van der Waals surface area contributed by atoms with Crippen molar-refractivity contribution in [3.63, 3.8) is 0 Å². The van der Waals surface area contributed by atoms with Gasteiger partial charge in [0.1, 0.15) is 0 Å². The zero-order valence-electron chi connectivity index (χ0n) is 9.65. The first-order chi connectivity index (χ1) is 8.29. The first-order valence-electron chi connectivity index (χ1n) is 5.65. The molecule has 0 radical (unpaired) electrons.